The van der Waals surface area contributed by atoms with E-state index in [1.807, 2.05) is 0 Å². The number of hydrogen-bond acceptors (Lipinski definition) is 1. The number of hydrogen-bond donors (Lipinski definition) is 0. The fourth-order valence-corrected chi connectivity index (χ4v) is 1.65. The van der Waals surface area contributed by atoms with E-state index in [1.165, 1.54) is 6.07 Å². The molecule has 0 N–H and O–H groups in total. The van der Waals surface area contributed by atoms with Crippen LogP contribution in [-0.2, 0) is 11.2 Å². The van der Waals surface area contributed by atoms with Gasteiger partial charge in [-0.05, 0) is 24.0 Å². The first kappa shape index (κ1) is 12.9. The fraction of sp³-hybridized carbons (Fsp3) is 0.500. The van der Waals surface area contributed by atoms with Crippen molar-refractivity contribution in [2.75, 3.05) is 0 Å². The van der Waals surface area contributed by atoms with Gasteiger partial charge in [0.25, 0.3) is 0 Å². The van der Waals surface area contributed by atoms with Gasteiger partial charge in [-0.2, -0.15) is 0 Å². The predicted molar refractivity (Wildman–Crippen MR) is 63.8 cm³/mol. The summed E-state index contributed by atoms with van der Waals surface area (Å²) in [5, 5.41) is 0. The smallest absolute Gasteiger partial charge is 0.137 e. The van der Waals surface area contributed by atoms with Crippen molar-refractivity contribution in [2.45, 2.75) is 39.5 Å². The minimum atomic E-state index is -0.278. The lowest BCUT2D eigenvalue weighted by molar-refractivity contribution is -0.118. The van der Waals surface area contributed by atoms with Crippen molar-refractivity contribution in [3.8, 4) is 0 Å². The Hall–Kier alpha value is -1.18. The van der Waals surface area contributed by atoms with E-state index in [2.05, 4.69) is 13.8 Å². The molecule has 0 aliphatic rings. The summed E-state index contributed by atoms with van der Waals surface area (Å²) in [5.74, 6) is 0.478. The summed E-state index contributed by atoms with van der Waals surface area (Å²) < 4.78 is 13.2. The van der Waals surface area contributed by atoms with Gasteiger partial charge in [0.05, 0.1) is 0 Å². The molecule has 0 aliphatic heterocycles. The Morgan fingerprint density at radius 2 is 2.00 bits per heavy atom. The standard InChI is InChI=1S/C14H19FO/c1-11(2)6-5-8-13(16)10-12-7-3-4-9-14(12)15/h3-4,7,9,11H,5-6,8,10H2,1-2H3. The Morgan fingerprint density at radius 3 is 2.62 bits per heavy atom. The monoisotopic (exact) mass is 222 g/mol. The van der Waals surface area contributed by atoms with E-state index in [9.17, 15) is 9.18 Å². The summed E-state index contributed by atoms with van der Waals surface area (Å²) in [5.41, 5.74) is 0.511. The first-order valence-corrected chi connectivity index (χ1v) is 5.84. The van der Waals surface area contributed by atoms with Gasteiger partial charge >= 0.3 is 0 Å². The number of halogens is 1. The van der Waals surface area contributed by atoms with Gasteiger partial charge in [-0.3, -0.25) is 4.79 Å². The molecule has 1 rings (SSSR count). The summed E-state index contributed by atoms with van der Waals surface area (Å²) in [6.07, 6.45) is 2.76. The molecule has 0 fully saturated rings. The average Bonchev–Trinajstić information content (AvgIpc) is 2.21. The van der Waals surface area contributed by atoms with Crippen LogP contribution in [0.3, 0.4) is 0 Å². The second-order valence-electron chi connectivity index (χ2n) is 4.59. The van der Waals surface area contributed by atoms with Gasteiger partial charge < -0.3 is 0 Å². The van der Waals surface area contributed by atoms with E-state index in [0.29, 0.717) is 17.9 Å². The molecule has 0 aromatic heterocycles. The molecule has 0 bridgehead atoms. The minimum absolute atomic E-state index is 0.130. The van der Waals surface area contributed by atoms with Crippen molar-refractivity contribution in [2.24, 2.45) is 5.92 Å². The van der Waals surface area contributed by atoms with Crippen molar-refractivity contribution < 1.29 is 9.18 Å². The molecule has 0 radical (unpaired) electrons. The Kier molecular flexibility index (Phi) is 5.17. The van der Waals surface area contributed by atoms with E-state index in [4.69, 9.17) is 0 Å². The summed E-state index contributed by atoms with van der Waals surface area (Å²) in [4.78, 5) is 11.6. The second kappa shape index (κ2) is 6.41. The van der Waals surface area contributed by atoms with Crippen LogP contribution in [-0.4, -0.2) is 5.78 Å². The van der Waals surface area contributed by atoms with E-state index >= 15 is 0 Å². The van der Waals surface area contributed by atoms with Crippen molar-refractivity contribution in [3.63, 3.8) is 0 Å². The van der Waals surface area contributed by atoms with Crippen LogP contribution in [0.4, 0.5) is 4.39 Å². The summed E-state index contributed by atoms with van der Waals surface area (Å²) >= 11 is 0. The van der Waals surface area contributed by atoms with Crippen molar-refractivity contribution in [3.05, 3.63) is 35.6 Å². The molecule has 0 unspecified atom stereocenters. The summed E-state index contributed by atoms with van der Waals surface area (Å²) in [6, 6.07) is 6.48. The molecule has 1 aromatic rings. The number of carbonyl (C=O) groups excluding carboxylic acids is 1. The van der Waals surface area contributed by atoms with Crippen LogP contribution in [0.25, 0.3) is 0 Å². The molecule has 0 atom stereocenters. The van der Waals surface area contributed by atoms with Crippen molar-refractivity contribution >= 4 is 5.78 Å². The van der Waals surface area contributed by atoms with Crippen LogP contribution in [0, 0.1) is 11.7 Å². The zero-order valence-corrected chi connectivity index (χ0v) is 10.0. The van der Waals surface area contributed by atoms with Crippen LogP contribution in [0.2, 0.25) is 0 Å². The number of carbonyl (C=O) groups is 1. The maximum atomic E-state index is 13.2. The third-order valence-corrected chi connectivity index (χ3v) is 2.58. The molecule has 16 heavy (non-hydrogen) atoms. The maximum absolute atomic E-state index is 13.2. The van der Waals surface area contributed by atoms with Crippen LogP contribution in [0.1, 0.15) is 38.7 Å². The third kappa shape index (κ3) is 4.56. The molecular weight excluding hydrogens is 203 g/mol. The van der Waals surface area contributed by atoms with Crippen molar-refractivity contribution in [1.82, 2.24) is 0 Å². The predicted octanol–water partition coefficient (Wildman–Crippen LogP) is 3.76. The normalized spacial score (nSPS) is 10.8. The lowest BCUT2D eigenvalue weighted by Crippen LogP contribution is -2.04. The largest absolute Gasteiger partial charge is 0.299 e. The molecule has 0 saturated heterocycles. The third-order valence-electron chi connectivity index (χ3n) is 2.58. The molecule has 0 spiro atoms. The van der Waals surface area contributed by atoms with Gasteiger partial charge in [-0.15, -0.1) is 0 Å². The van der Waals surface area contributed by atoms with E-state index in [0.717, 1.165) is 12.8 Å². The maximum Gasteiger partial charge on any atom is 0.137 e. The average molecular weight is 222 g/mol. The summed E-state index contributed by atoms with van der Waals surface area (Å²) in [7, 11) is 0. The first-order valence-electron chi connectivity index (χ1n) is 5.84. The number of ketones is 1. The van der Waals surface area contributed by atoms with Gasteiger partial charge in [0, 0.05) is 12.8 Å². The molecule has 0 amide bonds. The molecule has 0 heterocycles. The molecule has 88 valence electrons. The molecule has 1 nitrogen and oxygen atoms in total. The number of benzene rings is 1. The highest BCUT2D eigenvalue weighted by Gasteiger charge is 2.07. The highest BCUT2D eigenvalue weighted by molar-refractivity contribution is 5.80. The zero-order valence-electron chi connectivity index (χ0n) is 10.0. The lowest BCUT2D eigenvalue weighted by atomic mass is 10.0. The lowest BCUT2D eigenvalue weighted by Gasteiger charge is -2.04. The molecular formula is C14H19FO. The van der Waals surface area contributed by atoms with E-state index in [-0.39, 0.29) is 18.0 Å². The Balaban J connectivity index is 2.37. The van der Waals surface area contributed by atoms with Crippen molar-refractivity contribution in [1.29, 1.82) is 0 Å². The first-order chi connectivity index (χ1) is 7.59. The molecule has 1 aromatic carbocycles. The van der Waals surface area contributed by atoms with Gasteiger partial charge in [0.2, 0.25) is 0 Å². The second-order valence-corrected chi connectivity index (χ2v) is 4.59. The number of Topliss-reactive ketones (excluding diaryl/α,β-unsaturated/α-hetero) is 1. The topological polar surface area (TPSA) is 17.1 Å². The van der Waals surface area contributed by atoms with Gasteiger partial charge in [0.1, 0.15) is 11.6 Å². The van der Waals surface area contributed by atoms with Crippen LogP contribution in [0.15, 0.2) is 24.3 Å². The highest BCUT2D eigenvalue weighted by atomic mass is 19.1. The van der Waals surface area contributed by atoms with Gasteiger partial charge in [0.15, 0.2) is 0 Å². The van der Waals surface area contributed by atoms with Gasteiger partial charge in [-0.1, -0.05) is 38.5 Å². The highest BCUT2D eigenvalue weighted by Crippen LogP contribution is 2.11. The Bertz CT molecular complexity index is 344. The Morgan fingerprint density at radius 1 is 1.31 bits per heavy atom. The van der Waals surface area contributed by atoms with Crippen LogP contribution in [0.5, 0.6) is 0 Å². The Labute approximate surface area is 96.7 Å². The SMILES string of the molecule is CC(C)CCCC(=O)Cc1ccccc1F. The van der Waals surface area contributed by atoms with Crippen LogP contribution < -0.4 is 0 Å². The minimum Gasteiger partial charge on any atom is -0.299 e. The number of rotatable bonds is 6. The quantitative estimate of drug-likeness (QED) is 0.716. The zero-order chi connectivity index (χ0) is 12.0. The van der Waals surface area contributed by atoms with Gasteiger partial charge in [-0.25, -0.2) is 4.39 Å². The van der Waals surface area contributed by atoms with E-state index < -0.39 is 0 Å². The van der Waals surface area contributed by atoms with Crippen LogP contribution >= 0.6 is 0 Å². The summed E-state index contributed by atoms with van der Waals surface area (Å²) in [6.45, 7) is 4.28. The molecule has 2 heteroatoms. The fourth-order valence-electron chi connectivity index (χ4n) is 1.65. The molecule has 0 aliphatic carbocycles. The molecule has 0 saturated carbocycles. The van der Waals surface area contributed by atoms with E-state index in [1.54, 1.807) is 18.2 Å².